The lowest BCUT2D eigenvalue weighted by Gasteiger charge is -2.25. The SMILES string of the molecule is CCCNC(Cn1ccnc1)C1CCCC1. The molecule has 1 N–H and O–H groups in total. The molecule has 3 nitrogen and oxygen atoms in total. The quantitative estimate of drug-likeness (QED) is 0.799. The fraction of sp³-hybridized carbons (Fsp3) is 0.769. The molecule has 0 radical (unpaired) electrons. The smallest absolute Gasteiger partial charge is 0.0946 e. The van der Waals surface area contributed by atoms with Crippen LogP contribution in [-0.2, 0) is 6.54 Å². The first kappa shape index (κ1) is 11.6. The van der Waals surface area contributed by atoms with Gasteiger partial charge in [0.15, 0.2) is 0 Å². The van der Waals surface area contributed by atoms with Gasteiger partial charge in [0.05, 0.1) is 6.33 Å². The van der Waals surface area contributed by atoms with Crippen LogP contribution in [0.1, 0.15) is 39.0 Å². The Labute approximate surface area is 98.3 Å². The van der Waals surface area contributed by atoms with Crippen molar-refractivity contribution < 1.29 is 0 Å². The second-order valence-electron chi connectivity index (χ2n) is 4.86. The Balaban J connectivity index is 1.90. The first-order valence-corrected chi connectivity index (χ1v) is 6.59. The van der Waals surface area contributed by atoms with Crippen LogP contribution in [0.4, 0.5) is 0 Å². The predicted molar refractivity (Wildman–Crippen MR) is 66.3 cm³/mol. The van der Waals surface area contributed by atoms with E-state index in [-0.39, 0.29) is 0 Å². The van der Waals surface area contributed by atoms with E-state index in [0.717, 1.165) is 19.0 Å². The molecular formula is C13H23N3. The summed E-state index contributed by atoms with van der Waals surface area (Å²) in [6.07, 6.45) is 12.7. The van der Waals surface area contributed by atoms with E-state index in [1.165, 1.54) is 32.1 Å². The lowest BCUT2D eigenvalue weighted by Crippen LogP contribution is -2.39. The van der Waals surface area contributed by atoms with E-state index in [1.54, 1.807) is 0 Å². The maximum absolute atomic E-state index is 4.12. The molecule has 1 atom stereocenters. The van der Waals surface area contributed by atoms with E-state index in [2.05, 4.69) is 28.0 Å². The molecule has 0 saturated heterocycles. The number of nitrogens with zero attached hydrogens (tertiary/aromatic N) is 2. The van der Waals surface area contributed by atoms with Crippen molar-refractivity contribution in [3.63, 3.8) is 0 Å². The van der Waals surface area contributed by atoms with Crippen LogP contribution in [0.2, 0.25) is 0 Å². The molecule has 16 heavy (non-hydrogen) atoms. The largest absolute Gasteiger partial charge is 0.336 e. The molecule has 3 heteroatoms. The second kappa shape index (κ2) is 6.04. The van der Waals surface area contributed by atoms with E-state index >= 15 is 0 Å². The molecule has 0 aromatic carbocycles. The summed E-state index contributed by atoms with van der Waals surface area (Å²) in [5.41, 5.74) is 0. The normalized spacial score (nSPS) is 19.1. The first-order valence-electron chi connectivity index (χ1n) is 6.59. The molecule has 1 aromatic heterocycles. The molecule has 1 fully saturated rings. The van der Waals surface area contributed by atoms with Crippen molar-refractivity contribution in [1.29, 1.82) is 0 Å². The number of hydrogen-bond donors (Lipinski definition) is 1. The minimum absolute atomic E-state index is 0.636. The summed E-state index contributed by atoms with van der Waals surface area (Å²) in [6, 6.07) is 0.636. The number of aromatic nitrogens is 2. The molecule has 2 rings (SSSR count). The molecule has 0 spiro atoms. The van der Waals surface area contributed by atoms with E-state index in [1.807, 2.05) is 12.5 Å². The van der Waals surface area contributed by atoms with Gasteiger partial charge in [-0.15, -0.1) is 0 Å². The summed E-state index contributed by atoms with van der Waals surface area (Å²) in [5.74, 6) is 0.869. The summed E-state index contributed by atoms with van der Waals surface area (Å²) in [7, 11) is 0. The van der Waals surface area contributed by atoms with Crippen molar-refractivity contribution in [2.75, 3.05) is 6.54 Å². The Kier molecular flexibility index (Phi) is 4.40. The van der Waals surface area contributed by atoms with E-state index in [0.29, 0.717) is 6.04 Å². The lowest BCUT2D eigenvalue weighted by atomic mass is 9.98. The van der Waals surface area contributed by atoms with Gasteiger partial charge in [-0.2, -0.15) is 0 Å². The standard InChI is InChI=1S/C13H23N3/c1-2-7-15-13(12-5-3-4-6-12)10-16-9-8-14-11-16/h8-9,11-13,15H,2-7,10H2,1H3. The minimum atomic E-state index is 0.636. The Morgan fingerprint density at radius 1 is 1.44 bits per heavy atom. The summed E-state index contributed by atoms with van der Waals surface area (Å²) in [4.78, 5) is 4.12. The van der Waals surface area contributed by atoms with Gasteiger partial charge < -0.3 is 9.88 Å². The van der Waals surface area contributed by atoms with Crippen LogP contribution >= 0.6 is 0 Å². The average molecular weight is 221 g/mol. The van der Waals surface area contributed by atoms with Gasteiger partial charge >= 0.3 is 0 Å². The summed E-state index contributed by atoms with van der Waals surface area (Å²) in [5, 5.41) is 3.70. The molecule has 0 aliphatic heterocycles. The predicted octanol–water partition coefficient (Wildman–Crippen LogP) is 2.44. The van der Waals surface area contributed by atoms with Crippen molar-refractivity contribution in [3.8, 4) is 0 Å². The van der Waals surface area contributed by atoms with Gasteiger partial charge in [0.1, 0.15) is 0 Å². The molecule has 1 aromatic rings. The topological polar surface area (TPSA) is 29.9 Å². The van der Waals surface area contributed by atoms with Crippen LogP contribution in [0.5, 0.6) is 0 Å². The molecule has 1 aliphatic carbocycles. The maximum Gasteiger partial charge on any atom is 0.0946 e. The molecule has 1 saturated carbocycles. The monoisotopic (exact) mass is 221 g/mol. The highest BCUT2D eigenvalue weighted by Gasteiger charge is 2.24. The van der Waals surface area contributed by atoms with E-state index < -0.39 is 0 Å². The third-order valence-electron chi connectivity index (χ3n) is 3.59. The number of rotatable bonds is 6. The third-order valence-corrected chi connectivity index (χ3v) is 3.59. The van der Waals surface area contributed by atoms with Crippen LogP contribution in [0.15, 0.2) is 18.7 Å². The van der Waals surface area contributed by atoms with E-state index in [9.17, 15) is 0 Å². The maximum atomic E-state index is 4.12. The van der Waals surface area contributed by atoms with Gasteiger partial charge in [-0.25, -0.2) is 4.98 Å². The number of imidazole rings is 1. The molecule has 1 aliphatic rings. The van der Waals surface area contributed by atoms with Crippen molar-refractivity contribution in [3.05, 3.63) is 18.7 Å². The van der Waals surface area contributed by atoms with Gasteiger partial charge in [0.2, 0.25) is 0 Å². The first-order chi connectivity index (χ1) is 7.90. The minimum Gasteiger partial charge on any atom is -0.336 e. The highest BCUT2D eigenvalue weighted by molar-refractivity contribution is 4.84. The van der Waals surface area contributed by atoms with Crippen LogP contribution in [0.25, 0.3) is 0 Å². The zero-order valence-corrected chi connectivity index (χ0v) is 10.2. The van der Waals surface area contributed by atoms with Crippen LogP contribution in [-0.4, -0.2) is 22.1 Å². The van der Waals surface area contributed by atoms with Crippen molar-refractivity contribution in [2.24, 2.45) is 5.92 Å². The second-order valence-corrected chi connectivity index (χ2v) is 4.86. The fourth-order valence-electron chi connectivity index (χ4n) is 2.69. The van der Waals surface area contributed by atoms with Crippen molar-refractivity contribution in [1.82, 2.24) is 14.9 Å². The third kappa shape index (κ3) is 3.08. The fourth-order valence-corrected chi connectivity index (χ4v) is 2.69. The molecular weight excluding hydrogens is 198 g/mol. The van der Waals surface area contributed by atoms with Gasteiger partial charge in [0, 0.05) is 25.0 Å². The Bertz CT molecular complexity index is 275. The zero-order chi connectivity index (χ0) is 11.2. The lowest BCUT2D eigenvalue weighted by molar-refractivity contribution is 0.322. The molecule has 1 unspecified atom stereocenters. The highest BCUT2D eigenvalue weighted by Crippen LogP contribution is 2.28. The van der Waals surface area contributed by atoms with Crippen LogP contribution in [0, 0.1) is 5.92 Å². The van der Waals surface area contributed by atoms with E-state index in [4.69, 9.17) is 0 Å². The Morgan fingerprint density at radius 2 is 2.25 bits per heavy atom. The number of nitrogens with one attached hydrogen (secondary N) is 1. The molecule has 90 valence electrons. The van der Waals surface area contributed by atoms with Crippen molar-refractivity contribution in [2.45, 2.75) is 51.6 Å². The molecule has 1 heterocycles. The Morgan fingerprint density at radius 3 is 2.88 bits per heavy atom. The molecule has 0 bridgehead atoms. The molecule has 0 amide bonds. The Hall–Kier alpha value is -0.830. The van der Waals surface area contributed by atoms with Crippen molar-refractivity contribution >= 4 is 0 Å². The number of hydrogen-bond acceptors (Lipinski definition) is 2. The van der Waals surface area contributed by atoms with Gasteiger partial charge in [0.25, 0.3) is 0 Å². The zero-order valence-electron chi connectivity index (χ0n) is 10.2. The van der Waals surface area contributed by atoms with Gasteiger partial charge in [-0.3, -0.25) is 0 Å². The van der Waals surface area contributed by atoms with Gasteiger partial charge in [-0.05, 0) is 31.7 Å². The summed E-state index contributed by atoms with van der Waals surface area (Å²) in [6.45, 7) is 4.44. The highest BCUT2D eigenvalue weighted by atomic mass is 15.1. The summed E-state index contributed by atoms with van der Waals surface area (Å²) >= 11 is 0. The van der Waals surface area contributed by atoms with Gasteiger partial charge in [-0.1, -0.05) is 19.8 Å². The van der Waals surface area contributed by atoms with Crippen LogP contribution < -0.4 is 5.32 Å². The van der Waals surface area contributed by atoms with Crippen LogP contribution in [0.3, 0.4) is 0 Å². The average Bonchev–Trinajstić information content (AvgIpc) is 2.96. The summed E-state index contributed by atoms with van der Waals surface area (Å²) < 4.78 is 2.20.